The van der Waals surface area contributed by atoms with Crippen molar-refractivity contribution >= 4 is 10.4 Å². The van der Waals surface area contributed by atoms with E-state index in [0.29, 0.717) is 0 Å². The van der Waals surface area contributed by atoms with Gasteiger partial charge < -0.3 is 38.3 Å². The Morgan fingerprint density at radius 1 is 0.643 bits per heavy atom. The number of hydrogen-bond donors (Lipinski definition) is 2. The molecule has 0 amide bonds. The quantitative estimate of drug-likeness (QED) is 0.318. The molecule has 14 heteroatoms. The summed E-state index contributed by atoms with van der Waals surface area (Å²) in [5.41, 5.74) is 0. The van der Waals surface area contributed by atoms with Crippen molar-refractivity contribution in [3.63, 3.8) is 0 Å². The van der Waals surface area contributed by atoms with Gasteiger partial charge in [-0.1, -0.05) is 0 Å². The Morgan fingerprint density at radius 2 is 0.643 bits per heavy atom. The molecule has 0 unspecified atom stereocenters. The molecule has 16 N–H and O–H groups in total. The van der Waals surface area contributed by atoms with Crippen LogP contribution >= 0.6 is 0 Å². The van der Waals surface area contributed by atoms with Crippen LogP contribution < -0.4 is 0 Å². The third kappa shape index (κ3) is 3490. The van der Waals surface area contributed by atoms with Crippen molar-refractivity contribution in [2.24, 2.45) is 0 Å². The Hall–Kier alpha value is 0.707. The van der Waals surface area contributed by atoms with E-state index >= 15 is 0 Å². The summed E-state index contributed by atoms with van der Waals surface area (Å²) in [7, 11) is -4.67. The summed E-state index contributed by atoms with van der Waals surface area (Å²) >= 11 is 0. The second-order valence-electron chi connectivity index (χ2n) is 0.448. The van der Waals surface area contributed by atoms with Crippen molar-refractivity contribution in [1.82, 2.24) is 0 Å². The minimum atomic E-state index is -4.67. The van der Waals surface area contributed by atoms with E-state index in [0.717, 1.165) is 0 Å². The first-order chi connectivity index (χ1) is 2.00. The third-order valence-electron chi connectivity index (χ3n) is 0. The zero-order chi connectivity index (χ0) is 4.50. The van der Waals surface area contributed by atoms with Gasteiger partial charge in [-0.15, -0.1) is 0 Å². The Balaban J connectivity index is -0.00000000222. The van der Waals surface area contributed by atoms with E-state index in [1.807, 2.05) is 0 Å². The molecule has 100 valence electrons. The maximum Gasteiger partial charge on any atom is 0.394 e. The molecule has 0 aliphatic carbocycles. The van der Waals surface area contributed by atoms with Crippen molar-refractivity contribution in [2.45, 2.75) is 0 Å². The molecule has 11 nitrogen and oxygen atoms in total. The average molecular weight is 348 g/mol. The summed E-state index contributed by atoms with van der Waals surface area (Å²) in [6, 6.07) is 0. The van der Waals surface area contributed by atoms with Crippen LogP contribution in [0.1, 0.15) is 0 Å². The first kappa shape index (κ1) is 125. The zero-order valence-electron chi connectivity index (χ0n) is 6.64. The van der Waals surface area contributed by atoms with E-state index in [4.69, 9.17) is 17.5 Å². The summed E-state index contributed by atoms with van der Waals surface area (Å²) < 4.78 is 31.6. The molecular weight excluding hydrogens is 332 g/mol. The Kier molecular flexibility index (Phi) is 438. The van der Waals surface area contributed by atoms with E-state index in [2.05, 4.69) is 0 Å². The first-order valence-electron chi connectivity index (χ1n) is 0.698. The predicted molar refractivity (Wildman–Crippen MR) is 39.5 cm³/mol. The molecule has 0 fully saturated rings. The van der Waals surface area contributed by atoms with Gasteiger partial charge in [-0.05, 0) is 0 Å². The van der Waals surface area contributed by atoms with Gasteiger partial charge in [0.25, 0.3) is 0 Å². The van der Waals surface area contributed by atoms with Gasteiger partial charge in [-0.2, -0.15) is 8.42 Å². The van der Waals surface area contributed by atoms with Gasteiger partial charge in [0.05, 0.1) is 0 Å². The zero-order valence-corrected chi connectivity index (χ0v) is 11.4. The average Bonchev–Trinajstić information content (AvgIpc) is 0.722. The fourth-order valence-electron chi connectivity index (χ4n) is 0. The van der Waals surface area contributed by atoms with Crippen LogP contribution in [0.3, 0.4) is 0 Å². The Bertz CT molecular complexity index is 98.5. The van der Waals surface area contributed by atoms with Gasteiger partial charge in [0.1, 0.15) is 0 Å². The van der Waals surface area contributed by atoms with Gasteiger partial charge in [-0.3, -0.25) is 9.11 Å². The molecule has 0 spiro atoms. The first-order valence-corrected chi connectivity index (χ1v) is 2.10. The number of hydrogen-bond acceptors (Lipinski definition) is 2. The van der Waals surface area contributed by atoms with E-state index in [-0.39, 0.29) is 74.3 Å². The molecule has 0 rings (SSSR count). The van der Waals surface area contributed by atoms with Crippen LogP contribution in [0.4, 0.5) is 0 Å². The monoisotopic (exact) mass is 346 g/mol. The van der Waals surface area contributed by atoms with Crippen LogP contribution in [0.2, 0.25) is 0 Å². The minimum absolute atomic E-state index is 0. The minimum Gasteiger partial charge on any atom is -0.412 e. The predicted octanol–water partition coefficient (Wildman–Crippen LogP) is -6.43. The summed E-state index contributed by atoms with van der Waals surface area (Å²) in [5, 5.41) is 0. The molecule has 0 aliphatic rings. The van der Waals surface area contributed by atoms with Gasteiger partial charge in [0.15, 0.2) is 0 Å². The van der Waals surface area contributed by atoms with Crippen LogP contribution in [0.5, 0.6) is 0 Å². The standard InChI is InChI=1S/Ni.H2O4S.7H2O.Zn/c;1-5(2,3)4;;;;;;;;/h;(H2,1,2,3,4);7*1H2;. The van der Waals surface area contributed by atoms with Crippen LogP contribution in [0, 0.1) is 0 Å². The van der Waals surface area contributed by atoms with Crippen molar-refractivity contribution in [3.8, 4) is 0 Å². The molecule has 0 atom stereocenters. The molecule has 0 aromatic carbocycles. The number of rotatable bonds is 0. The van der Waals surface area contributed by atoms with Crippen LogP contribution in [-0.2, 0) is 46.4 Å². The molecule has 0 heterocycles. The largest absolute Gasteiger partial charge is 0.412 e. The van der Waals surface area contributed by atoms with E-state index in [9.17, 15) is 0 Å². The summed E-state index contributed by atoms with van der Waals surface area (Å²) in [6.45, 7) is 0. The Morgan fingerprint density at radius 3 is 0.643 bits per heavy atom. The smallest absolute Gasteiger partial charge is 0.394 e. The van der Waals surface area contributed by atoms with Crippen molar-refractivity contribution < 1.29 is 91.8 Å². The van der Waals surface area contributed by atoms with Crippen molar-refractivity contribution in [2.75, 3.05) is 0 Å². The third-order valence-corrected chi connectivity index (χ3v) is 0. The Labute approximate surface area is 102 Å². The van der Waals surface area contributed by atoms with Crippen molar-refractivity contribution in [1.29, 1.82) is 0 Å². The van der Waals surface area contributed by atoms with Gasteiger partial charge in [-0.25, -0.2) is 0 Å². The van der Waals surface area contributed by atoms with E-state index in [1.54, 1.807) is 0 Å². The second kappa shape index (κ2) is 49.2. The molecule has 14 heavy (non-hydrogen) atoms. The molecule has 0 aliphatic heterocycles. The molecule has 0 aromatic rings. The van der Waals surface area contributed by atoms with Crippen LogP contribution in [-0.4, -0.2) is 55.9 Å². The molecule has 0 saturated carbocycles. The maximum atomic E-state index is 8.74. The van der Waals surface area contributed by atoms with Gasteiger partial charge >= 0.3 is 10.4 Å². The summed E-state index contributed by atoms with van der Waals surface area (Å²) in [5.74, 6) is 0. The molecule has 0 bridgehead atoms. The maximum absolute atomic E-state index is 8.74. The van der Waals surface area contributed by atoms with Crippen molar-refractivity contribution in [3.05, 3.63) is 0 Å². The fourth-order valence-corrected chi connectivity index (χ4v) is 0. The summed E-state index contributed by atoms with van der Waals surface area (Å²) in [6.07, 6.45) is 0. The fraction of sp³-hybridized carbons (Fsp3) is 0. The SMILES string of the molecule is O.O.O.O.O.O.O.O=S(=O)(O)O.[Ni].[Zn]. The van der Waals surface area contributed by atoms with Crippen LogP contribution in [0.15, 0.2) is 0 Å². The van der Waals surface area contributed by atoms with Gasteiger partial charge in [0.2, 0.25) is 0 Å². The second-order valence-corrected chi connectivity index (χ2v) is 1.34. The molecule has 0 saturated heterocycles. The van der Waals surface area contributed by atoms with E-state index < -0.39 is 10.4 Å². The van der Waals surface area contributed by atoms with Crippen LogP contribution in [0.25, 0.3) is 0 Å². The molecule has 0 aromatic heterocycles. The normalized spacial score (nSPS) is 4.14. The topological polar surface area (TPSA) is 295 Å². The summed E-state index contributed by atoms with van der Waals surface area (Å²) in [4.78, 5) is 0. The molecule has 0 radical (unpaired) electrons. The van der Waals surface area contributed by atoms with E-state index in [1.165, 1.54) is 0 Å². The van der Waals surface area contributed by atoms with Gasteiger partial charge in [0, 0.05) is 36.0 Å². The molecular formula is H16NiO11SZn.